The summed E-state index contributed by atoms with van der Waals surface area (Å²) in [5.41, 5.74) is 2.17. The Hall–Kier alpha value is -2.65. The van der Waals surface area contributed by atoms with Crippen LogP contribution in [0.1, 0.15) is 75.2 Å². The number of aromatic nitrogens is 1. The molecule has 9 heteroatoms. The number of aliphatic hydroxyl groups excluding tert-OH is 1. The number of hydrogen-bond acceptors (Lipinski definition) is 7. The lowest BCUT2D eigenvalue weighted by Gasteiger charge is -2.35. The third kappa shape index (κ3) is 6.57. The Morgan fingerprint density at radius 1 is 1.08 bits per heavy atom. The summed E-state index contributed by atoms with van der Waals surface area (Å²) in [5.74, 6) is 0.911. The molecule has 1 amide bonds. The standard InChI is InChI=1S/C30H42N4O4S/c1-21-16-26(31-27(17-21)34-13-5-6-22(35)19-34)32-28(36)24-8-7-23(39(37,38)20-29(2,3)4)18-25(24)33-14-11-30(9-10-30)12-15-33/h7-8,16-18,22,35H,5-6,9-15,19-20H2,1-4H3,(H,31,32,36)/t22-/m1/s1. The summed E-state index contributed by atoms with van der Waals surface area (Å²) in [6.07, 6.45) is 5.97. The van der Waals surface area contributed by atoms with Crippen molar-refractivity contribution in [1.82, 2.24) is 4.98 Å². The van der Waals surface area contributed by atoms with Crippen LogP contribution in [0.15, 0.2) is 35.2 Å². The number of carbonyl (C=O) groups is 1. The summed E-state index contributed by atoms with van der Waals surface area (Å²) in [6.45, 7) is 10.7. The highest BCUT2D eigenvalue weighted by atomic mass is 32.2. The molecule has 2 saturated heterocycles. The van der Waals surface area contributed by atoms with Crippen molar-refractivity contribution in [2.75, 3.05) is 47.0 Å². The van der Waals surface area contributed by atoms with Crippen LogP contribution in [-0.4, -0.2) is 62.5 Å². The number of carbonyl (C=O) groups excluding carboxylic acids is 1. The first-order valence-corrected chi connectivity index (χ1v) is 15.8. The summed E-state index contributed by atoms with van der Waals surface area (Å²) >= 11 is 0. The molecule has 1 atom stereocenters. The van der Waals surface area contributed by atoms with Crippen molar-refractivity contribution in [2.45, 2.75) is 77.2 Å². The van der Waals surface area contributed by atoms with E-state index in [1.54, 1.807) is 18.2 Å². The second-order valence-corrected chi connectivity index (χ2v) is 15.1. The van der Waals surface area contributed by atoms with E-state index in [0.29, 0.717) is 29.0 Å². The van der Waals surface area contributed by atoms with Gasteiger partial charge in [0.1, 0.15) is 11.6 Å². The van der Waals surface area contributed by atoms with Gasteiger partial charge in [-0.3, -0.25) is 4.79 Å². The molecule has 212 valence electrons. The second kappa shape index (κ2) is 10.4. The Kier molecular flexibility index (Phi) is 7.44. The number of β-amino-alcohol motifs (C(OH)–C–C–N with tert-alkyl or cyclic N) is 1. The number of aryl methyl sites for hydroxylation is 1. The molecule has 1 spiro atoms. The second-order valence-electron chi connectivity index (χ2n) is 13.1. The number of hydrogen-bond donors (Lipinski definition) is 2. The average molecular weight is 555 g/mol. The summed E-state index contributed by atoms with van der Waals surface area (Å²) < 4.78 is 26.5. The number of amides is 1. The molecule has 8 nitrogen and oxygen atoms in total. The molecule has 5 rings (SSSR count). The smallest absolute Gasteiger partial charge is 0.258 e. The molecule has 1 aromatic heterocycles. The van der Waals surface area contributed by atoms with E-state index < -0.39 is 9.84 Å². The minimum Gasteiger partial charge on any atom is -0.391 e. The first-order chi connectivity index (χ1) is 18.3. The number of piperidine rings is 2. The van der Waals surface area contributed by atoms with Gasteiger partial charge >= 0.3 is 0 Å². The summed E-state index contributed by atoms with van der Waals surface area (Å²) in [6, 6.07) is 8.72. The van der Waals surface area contributed by atoms with Crippen LogP contribution >= 0.6 is 0 Å². The Morgan fingerprint density at radius 3 is 2.44 bits per heavy atom. The highest BCUT2D eigenvalue weighted by Gasteiger charge is 2.44. The molecule has 0 unspecified atom stereocenters. The number of aliphatic hydroxyl groups is 1. The summed E-state index contributed by atoms with van der Waals surface area (Å²) in [4.78, 5) is 22.9. The fraction of sp³-hybridized carbons (Fsp3) is 0.600. The number of anilines is 3. The van der Waals surface area contributed by atoms with Crippen LogP contribution in [0.3, 0.4) is 0 Å². The third-order valence-corrected chi connectivity index (χ3v) is 10.5. The molecule has 3 fully saturated rings. The normalized spacial score (nSPS) is 21.2. The van der Waals surface area contributed by atoms with Gasteiger partial charge in [-0.2, -0.15) is 0 Å². The van der Waals surface area contributed by atoms with E-state index in [1.165, 1.54) is 12.8 Å². The van der Waals surface area contributed by atoms with Crippen LogP contribution < -0.4 is 15.1 Å². The van der Waals surface area contributed by atoms with Crippen LogP contribution in [0.5, 0.6) is 0 Å². The predicted octanol–water partition coefficient (Wildman–Crippen LogP) is 4.80. The van der Waals surface area contributed by atoms with Gasteiger partial charge in [0.25, 0.3) is 5.91 Å². The van der Waals surface area contributed by atoms with Crippen molar-refractivity contribution in [2.24, 2.45) is 10.8 Å². The van der Waals surface area contributed by atoms with E-state index in [9.17, 15) is 18.3 Å². The first kappa shape index (κ1) is 27.9. The lowest BCUT2D eigenvalue weighted by atomic mass is 9.93. The monoisotopic (exact) mass is 554 g/mol. The molecule has 39 heavy (non-hydrogen) atoms. The maximum atomic E-state index is 13.7. The Bertz CT molecular complexity index is 1340. The molecular formula is C30H42N4O4S. The summed E-state index contributed by atoms with van der Waals surface area (Å²) in [5, 5.41) is 13.1. The molecule has 0 radical (unpaired) electrons. The van der Waals surface area contributed by atoms with Crippen molar-refractivity contribution in [3.63, 3.8) is 0 Å². The van der Waals surface area contributed by atoms with Gasteiger partial charge in [-0.05, 0) is 92.2 Å². The Labute approximate surface area is 232 Å². The van der Waals surface area contributed by atoms with Crippen molar-refractivity contribution >= 4 is 33.1 Å². The van der Waals surface area contributed by atoms with Gasteiger partial charge in [-0.1, -0.05) is 20.8 Å². The van der Waals surface area contributed by atoms with E-state index >= 15 is 0 Å². The van der Waals surface area contributed by atoms with Gasteiger partial charge in [-0.15, -0.1) is 0 Å². The molecule has 2 N–H and O–H groups in total. The average Bonchev–Trinajstić information content (AvgIpc) is 3.61. The van der Waals surface area contributed by atoms with Crippen LogP contribution in [-0.2, 0) is 9.84 Å². The van der Waals surface area contributed by atoms with E-state index in [4.69, 9.17) is 4.98 Å². The predicted molar refractivity (Wildman–Crippen MR) is 155 cm³/mol. The van der Waals surface area contributed by atoms with Crippen LogP contribution in [0.2, 0.25) is 0 Å². The van der Waals surface area contributed by atoms with E-state index in [1.807, 2.05) is 39.8 Å². The lowest BCUT2D eigenvalue weighted by Crippen LogP contribution is -2.38. The van der Waals surface area contributed by atoms with Crippen LogP contribution in [0.25, 0.3) is 0 Å². The molecule has 3 heterocycles. The molecule has 1 saturated carbocycles. The van der Waals surface area contributed by atoms with Crippen LogP contribution in [0.4, 0.5) is 17.3 Å². The molecule has 2 aromatic rings. The molecule has 3 aliphatic rings. The largest absolute Gasteiger partial charge is 0.391 e. The van der Waals surface area contributed by atoms with Crippen molar-refractivity contribution in [3.8, 4) is 0 Å². The van der Waals surface area contributed by atoms with Crippen molar-refractivity contribution < 1.29 is 18.3 Å². The molecule has 1 aliphatic carbocycles. The van der Waals surface area contributed by atoms with Crippen molar-refractivity contribution in [3.05, 3.63) is 41.5 Å². The fourth-order valence-corrected chi connectivity index (χ4v) is 7.81. The zero-order valence-corrected chi connectivity index (χ0v) is 24.5. The molecule has 2 aliphatic heterocycles. The number of nitrogens with zero attached hydrogens (tertiary/aromatic N) is 3. The van der Waals surface area contributed by atoms with Gasteiger partial charge in [0.05, 0.1) is 28.0 Å². The van der Waals surface area contributed by atoms with Gasteiger partial charge in [0, 0.05) is 26.2 Å². The summed E-state index contributed by atoms with van der Waals surface area (Å²) in [7, 11) is -3.52. The zero-order chi connectivity index (χ0) is 28.0. The number of pyridine rings is 1. The van der Waals surface area contributed by atoms with E-state index in [2.05, 4.69) is 15.1 Å². The zero-order valence-electron chi connectivity index (χ0n) is 23.7. The Balaban J connectivity index is 1.44. The van der Waals surface area contributed by atoms with Gasteiger partial charge in [0.15, 0.2) is 9.84 Å². The van der Waals surface area contributed by atoms with Gasteiger partial charge in [-0.25, -0.2) is 13.4 Å². The quantitative estimate of drug-likeness (QED) is 0.529. The van der Waals surface area contributed by atoms with Gasteiger partial charge < -0.3 is 20.2 Å². The number of nitrogens with one attached hydrogen (secondary N) is 1. The molecule has 1 aromatic carbocycles. The highest BCUT2D eigenvalue weighted by molar-refractivity contribution is 7.91. The molecule has 0 bridgehead atoms. The van der Waals surface area contributed by atoms with E-state index in [0.717, 1.165) is 56.7 Å². The molecular weight excluding hydrogens is 512 g/mol. The topological polar surface area (TPSA) is 103 Å². The van der Waals surface area contributed by atoms with Crippen LogP contribution in [0, 0.1) is 17.8 Å². The third-order valence-electron chi connectivity index (χ3n) is 8.24. The minimum atomic E-state index is -3.52. The van der Waals surface area contributed by atoms with Gasteiger partial charge in [0.2, 0.25) is 0 Å². The number of rotatable bonds is 6. The SMILES string of the molecule is Cc1cc(NC(=O)c2ccc(S(=O)(=O)CC(C)(C)C)cc2N2CCC3(CC2)CC3)nc(N2CCC[C@@H](O)C2)c1. The minimum absolute atomic E-state index is 0.0370. The number of benzene rings is 1. The maximum Gasteiger partial charge on any atom is 0.258 e. The number of sulfone groups is 1. The lowest BCUT2D eigenvalue weighted by molar-refractivity contribution is 0.102. The Morgan fingerprint density at radius 2 is 1.79 bits per heavy atom. The fourth-order valence-electron chi connectivity index (χ4n) is 5.93. The maximum absolute atomic E-state index is 13.7. The first-order valence-electron chi connectivity index (χ1n) is 14.2. The van der Waals surface area contributed by atoms with Crippen molar-refractivity contribution in [1.29, 1.82) is 0 Å². The highest BCUT2D eigenvalue weighted by Crippen LogP contribution is 2.54. The van der Waals surface area contributed by atoms with E-state index in [-0.39, 0.29) is 28.1 Å².